The van der Waals surface area contributed by atoms with Gasteiger partial charge in [0.15, 0.2) is 0 Å². The van der Waals surface area contributed by atoms with Crippen LogP contribution >= 0.6 is 12.2 Å². The summed E-state index contributed by atoms with van der Waals surface area (Å²) < 4.78 is 6.51. The maximum atomic E-state index is 12.3. The van der Waals surface area contributed by atoms with Gasteiger partial charge in [-0.1, -0.05) is 6.92 Å². The summed E-state index contributed by atoms with van der Waals surface area (Å²) in [6.45, 7) is 2.68. The number of rotatable bonds is 8. The second-order valence-electron chi connectivity index (χ2n) is 5.15. The number of ether oxygens (including phenoxy) is 1. The number of carboxylic acids is 1. The number of aliphatic carboxylic acids is 1. The van der Waals surface area contributed by atoms with Crippen LogP contribution in [0.3, 0.4) is 0 Å². The Hall–Kier alpha value is -2.81. The smallest absolute Gasteiger partial charge is 0.303 e. The fourth-order valence-electron chi connectivity index (χ4n) is 1.91. The van der Waals surface area contributed by atoms with Gasteiger partial charge in [-0.3, -0.25) is 14.7 Å². The third-order valence-corrected chi connectivity index (χ3v) is 3.43. The van der Waals surface area contributed by atoms with Crippen LogP contribution in [0.2, 0.25) is 0 Å². The molecule has 0 saturated heterocycles. The molecule has 0 aliphatic carbocycles. The van der Waals surface area contributed by atoms with Gasteiger partial charge >= 0.3 is 5.97 Å². The van der Waals surface area contributed by atoms with Crippen LogP contribution in [-0.4, -0.2) is 38.8 Å². The normalized spacial score (nSPS) is 10.9. The Kier molecular flexibility index (Phi) is 6.58. The number of aromatic amines is 1. The lowest BCUT2D eigenvalue weighted by atomic mass is 10.2. The monoisotopic (exact) mass is 362 g/mol. The van der Waals surface area contributed by atoms with E-state index in [1.165, 1.54) is 6.21 Å². The number of nitrogens with one attached hydrogen (secondary N) is 1. The average molecular weight is 362 g/mol. The third kappa shape index (κ3) is 5.35. The molecule has 2 N–H and O–H groups in total. The lowest BCUT2D eigenvalue weighted by Gasteiger charge is -2.04. The first-order valence-electron chi connectivity index (χ1n) is 7.71. The van der Waals surface area contributed by atoms with Gasteiger partial charge in [0, 0.05) is 6.42 Å². The minimum Gasteiger partial charge on any atom is -0.494 e. The minimum atomic E-state index is -1.01. The zero-order chi connectivity index (χ0) is 18.2. The fraction of sp³-hybridized carbons (Fsp3) is 0.312. The number of carbonyl (C=O) groups is 1. The molecule has 1 heterocycles. The summed E-state index contributed by atoms with van der Waals surface area (Å²) in [6, 6.07) is 7.23. The number of carboxylic acid groups (broad SMARTS) is 1. The molecule has 0 atom stereocenters. The molecule has 0 saturated carbocycles. The molecule has 0 spiro atoms. The summed E-state index contributed by atoms with van der Waals surface area (Å²) in [5.74, 6) is -0.252. The van der Waals surface area contributed by atoms with E-state index in [4.69, 9.17) is 22.1 Å². The van der Waals surface area contributed by atoms with Crippen LogP contribution in [0.1, 0.15) is 31.0 Å². The molecule has 0 aliphatic heterocycles. The van der Waals surface area contributed by atoms with Crippen LogP contribution in [0, 0.1) is 4.77 Å². The van der Waals surface area contributed by atoms with E-state index in [9.17, 15) is 9.59 Å². The lowest BCUT2D eigenvalue weighted by Crippen LogP contribution is -2.25. The molecule has 0 unspecified atom stereocenters. The Bertz CT molecular complexity index is 871. The molecule has 8 nitrogen and oxygen atoms in total. The van der Waals surface area contributed by atoms with Crippen molar-refractivity contribution in [3.05, 3.63) is 50.6 Å². The van der Waals surface area contributed by atoms with E-state index in [0.717, 1.165) is 22.4 Å². The highest BCUT2D eigenvalue weighted by atomic mass is 32.1. The molecule has 0 aliphatic rings. The third-order valence-electron chi connectivity index (χ3n) is 3.17. The molecule has 9 heteroatoms. The van der Waals surface area contributed by atoms with Crippen molar-refractivity contribution < 1.29 is 14.6 Å². The predicted octanol–water partition coefficient (Wildman–Crippen LogP) is 1.99. The highest BCUT2D eigenvalue weighted by molar-refractivity contribution is 7.71. The number of aryl methyl sites for hydroxylation is 1. The molecule has 1 aromatic heterocycles. The van der Waals surface area contributed by atoms with Gasteiger partial charge in [-0.05, 0) is 48.5 Å². The fourth-order valence-corrected chi connectivity index (χ4v) is 2.09. The van der Waals surface area contributed by atoms with Gasteiger partial charge in [-0.25, -0.2) is 0 Å². The number of hydrogen-bond donors (Lipinski definition) is 2. The molecule has 2 rings (SSSR count). The Morgan fingerprint density at radius 3 is 2.80 bits per heavy atom. The van der Waals surface area contributed by atoms with Crippen molar-refractivity contribution >= 4 is 24.4 Å². The van der Waals surface area contributed by atoms with Gasteiger partial charge in [0.25, 0.3) is 5.56 Å². The molecular weight excluding hydrogens is 344 g/mol. The Morgan fingerprint density at radius 1 is 1.44 bits per heavy atom. The second-order valence-corrected chi connectivity index (χ2v) is 5.53. The Morgan fingerprint density at radius 2 is 2.16 bits per heavy atom. The molecule has 0 fully saturated rings. The van der Waals surface area contributed by atoms with Gasteiger partial charge in [-0.2, -0.15) is 14.9 Å². The zero-order valence-corrected chi connectivity index (χ0v) is 14.5. The number of benzene rings is 1. The van der Waals surface area contributed by atoms with E-state index in [1.807, 2.05) is 19.1 Å². The van der Waals surface area contributed by atoms with Crippen molar-refractivity contribution in [2.75, 3.05) is 6.61 Å². The van der Waals surface area contributed by atoms with Crippen LogP contribution < -0.4 is 10.3 Å². The highest BCUT2D eigenvalue weighted by Crippen LogP contribution is 2.11. The van der Waals surface area contributed by atoms with E-state index in [0.29, 0.717) is 6.61 Å². The van der Waals surface area contributed by atoms with Crippen molar-refractivity contribution in [1.82, 2.24) is 14.9 Å². The van der Waals surface area contributed by atoms with E-state index in [-0.39, 0.29) is 23.3 Å². The average Bonchev–Trinajstić information content (AvgIpc) is 2.60. The number of aromatic nitrogens is 3. The lowest BCUT2D eigenvalue weighted by molar-refractivity contribution is -0.136. The van der Waals surface area contributed by atoms with Gasteiger partial charge < -0.3 is 9.84 Å². The predicted molar refractivity (Wildman–Crippen MR) is 94.9 cm³/mol. The first kappa shape index (κ1) is 18.5. The topological polar surface area (TPSA) is 110 Å². The van der Waals surface area contributed by atoms with E-state index in [1.54, 1.807) is 12.1 Å². The molecule has 0 radical (unpaired) electrons. The SMILES string of the molecule is CCCOc1ccc(/C=N\n2c(=S)[nH]nc(CCC(=O)O)c2=O)cc1. The molecule has 132 valence electrons. The molecule has 0 amide bonds. The standard InChI is InChI=1S/C16H18N4O4S/c1-2-9-24-12-5-3-11(4-6-12)10-17-20-15(23)13(7-8-14(21)22)18-19-16(20)25/h3-6,10H,2,7-9H2,1H3,(H,19,25)(H,21,22)/b17-10-. The number of H-pyrrole nitrogens is 1. The van der Waals surface area contributed by atoms with Gasteiger partial charge in [0.05, 0.1) is 19.2 Å². The van der Waals surface area contributed by atoms with Crippen LogP contribution in [0.25, 0.3) is 0 Å². The van der Waals surface area contributed by atoms with E-state index in [2.05, 4.69) is 15.3 Å². The zero-order valence-electron chi connectivity index (χ0n) is 13.6. The highest BCUT2D eigenvalue weighted by Gasteiger charge is 2.08. The van der Waals surface area contributed by atoms with E-state index >= 15 is 0 Å². The van der Waals surface area contributed by atoms with Crippen molar-refractivity contribution in [1.29, 1.82) is 0 Å². The van der Waals surface area contributed by atoms with Crippen molar-refractivity contribution in [2.24, 2.45) is 5.10 Å². The van der Waals surface area contributed by atoms with Crippen LogP contribution in [-0.2, 0) is 11.2 Å². The van der Waals surface area contributed by atoms with Gasteiger partial charge in [0.1, 0.15) is 11.4 Å². The number of hydrogen-bond acceptors (Lipinski definition) is 6. The van der Waals surface area contributed by atoms with Crippen molar-refractivity contribution in [3.8, 4) is 5.75 Å². The Balaban J connectivity index is 2.19. The summed E-state index contributed by atoms with van der Waals surface area (Å²) in [5.41, 5.74) is 0.287. The Labute approximate surface area is 148 Å². The maximum absolute atomic E-state index is 12.3. The quantitative estimate of drug-likeness (QED) is 0.549. The summed E-state index contributed by atoms with van der Waals surface area (Å²) in [7, 11) is 0. The molecule has 1 aromatic carbocycles. The summed E-state index contributed by atoms with van der Waals surface area (Å²) >= 11 is 5.01. The van der Waals surface area contributed by atoms with E-state index < -0.39 is 11.5 Å². The summed E-state index contributed by atoms with van der Waals surface area (Å²) in [4.78, 5) is 22.9. The van der Waals surface area contributed by atoms with Crippen LogP contribution in [0.5, 0.6) is 5.75 Å². The molecular formula is C16H18N4O4S. The second kappa shape index (κ2) is 8.88. The van der Waals surface area contributed by atoms with Gasteiger partial charge in [-0.15, -0.1) is 0 Å². The first-order valence-corrected chi connectivity index (χ1v) is 8.11. The molecule has 25 heavy (non-hydrogen) atoms. The van der Waals surface area contributed by atoms with Crippen molar-refractivity contribution in [2.45, 2.75) is 26.2 Å². The maximum Gasteiger partial charge on any atom is 0.303 e. The summed E-state index contributed by atoms with van der Waals surface area (Å²) in [6.07, 6.45) is 2.21. The first-order chi connectivity index (χ1) is 12.0. The molecule has 2 aromatic rings. The van der Waals surface area contributed by atoms with Gasteiger partial charge in [0.2, 0.25) is 4.77 Å². The number of nitrogens with zero attached hydrogens (tertiary/aromatic N) is 3. The van der Waals surface area contributed by atoms with Crippen LogP contribution in [0.15, 0.2) is 34.2 Å². The minimum absolute atomic E-state index is 0.000730. The van der Waals surface area contributed by atoms with Crippen LogP contribution in [0.4, 0.5) is 0 Å². The van der Waals surface area contributed by atoms with Crippen molar-refractivity contribution in [3.63, 3.8) is 0 Å². The largest absolute Gasteiger partial charge is 0.494 e. The molecule has 0 bridgehead atoms. The summed E-state index contributed by atoms with van der Waals surface area (Å²) in [5, 5.41) is 19.1.